The van der Waals surface area contributed by atoms with Crippen molar-refractivity contribution in [2.45, 2.75) is 25.9 Å². The number of benzene rings is 1. The van der Waals surface area contributed by atoms with Gasteiger partial charge in [-0.25, -0.2) is 4.79 Å². The molecule has 0 aliphatic carbocycles. The highest BCUT2D eigenvalue weighted by Gasteiger charge is 2.22. The summed E-state index contributed by atoms with van der Waals surface area (Å²) in [6.45, 7) is 4.94. The highest BCUT2D eigenvalue weighted by Crippen LogP contribution is 2.18. The van der Waals surface area contributed by atoms with Crippen LogP contribution in [0.3, 0.4) is 0 Å². The smallest absolute Gasteiger partial charge is 0.338 e. The molecule has 1 aliphatic heterocycles. The fourth-order valence-electron chi connectivity index (χ4n) is 2.94. The average Bonchev–Trinajstić information content (AvgIpc) is 3.17. The van der Waals surface area contributed by atoms with Crippen molar-refractivity contribution in [1.29, 1.82) is 0 Å². The maximum Gasteiger partial charge on any atom is 0.338 e. The SMILES string of the molecule is CCN1CCCC(OC(=O)c2cccc(NC(=O)c3cccs3)c2)C1. The van der Waals surface area contributed by atoms with Gasteiger partial charge in [-0.15, -0.1) is 11.3 Å². The quantitative estimate of drug-likeness (QED) is 0.829. The van der Waals surface area contributed by atoms with Crippen LogP contribution in [0.5, 0.6) is 0 Å². The normalized spacial score (nSPS) is 17.9. The van der Waals surface area contributed by atoms with Gasteiger partial charge in [0.05, 0.1) is 10.4 Å². The molecule has 0 saturated carbocycles. The molecule has 0 bridgehead atoms. The zero-order chi connectivity index (χ0) is 17.6. The first-order chi connectivity index (χ1) is 12.2. The summed E-state index contributed by atoms with van der Waals surface area (Å²) in [7, 11) is 0. The standard InChI is InChI=1S/C19H22N2O3S/c1-2-21-10-4-8-16(13-21)24-19(23)14-6-3-7-15(12-14)20-18(22)17-9-5-11-25-17/h3,5-7,9,11-12,16H,2,4,8,10,13H2,1H3,(H,20,22). The van der Waals surface area contributed by atoms with Gasteiger partial charge in [-0.05, 0) is 55.6 Å². The number of hydrogen-bond donors (Lipinski definition) is 1. The largest absolute Gasteiger partial charge is 0.457 e. The van der Waals surface area contributed by atoms with Gasteiger partial charge in [-0.2, -0.15) is 0 Å². The van der Waals surface area contributed by atoms with Crippen LogP contribution in [0.2, 0.25) is 0 Å². The lowest BCUT2D eigenvalue weighted by Gasteiger charge is -2.31. The van der Waals surface area contributed by atoms with Gasteiger partial charge in [0.1, 0.15) is 6.10 Å². The third-order valence-electron chi connectivity index (χ3n) is 4.28. The number of ether oxygens (including phenoxy) is 1. The molecular weight excluding hydrogens is 336 g/mol. The van der Waals surface area contributed by atoms with Crippen molar-refractivity contribution in [2.24, 2.45) is 0 Å². The molecule has 1 aromatic carbocycles. The average molecular weight is 358 g/mol. The number of esters is 1. The van der Waals surface area contributed by atoms with E-state index in [1.54, 1.807) is 30.3 Å². The van der Waals surface area contributed by atoms with Gasteiger partial charge < -0.3 is 10.1 Å². The second kappa shape index (κ2) is 8.27. The summed E-state index contributed by atoms with van der Waals surface area (Å²) in [6.07, 6.45) is 1.88. The van der Waals surface area contributed by atoms with Gasteiger partial charge in [-0.1, -0.05) is 19.1 Å². The maximum atomic E-state index is 12.4. The van der Waals surface area contributed by atoms with E-state index < -0.39 is 0 Å². The lowest BCUT2D eigenvalue weighted by Crippen LogP contribution is -2.40. The Morgan fingerprint density at radius 3 is 2.96 bits per heavy atom. The number of carbonyl (C=O) groups is 2. The molecule has 1 aromatic heterocycles. The predicted molar refractivity (Wildman–Crippen MR) is 99.3 cm³/mol. The minimum absolute atomic E-state index is 0.0643. The first-order valence-electron chi connectivity index (χ1n) is 8.54. The molecule has 1 atom stereocenters. The Morgan fingerprint density at radius 1 is 1.32 bits per heavy atom. The van der Waals surface area contributed by atoms with Crippen molar-refractivity contribution in [3.8, 4) is 0 Å². The maximum absolute atomic E-state index is 12.4. The minimum atomic E-state index is -0.338. The van der Waals surface area contributed by atoms with E-state index in [2.05, 4.69) is 17.1 Å². The molecule has 6 heteroatoms. The van der Waals surface area contributed by atoms with E-state index in [4.69, 9.17) is 4.74 Å². The Hall–Kier alpha value is -2.18. The van der Waals surface area contributed by atoms with Crippen molar-refractivity contribution in [2.75, 3.05) is 25.0 Å². The van der Waals surface area contributed by atoms with E-state index in [1.165, 1.54) is 11.3 Å². The Labute approximate surface area is 151 Å². The molecule has 1 saturated heterocycles. The van der Waals surface area contributed by atoms with Gasteiger partial charge in [-0.3, -0.25) is 9.69 Å². The molecule has 3 rings (SSSR count). The summed E-state index contributed by atoms with van der Waals surface area (Å²) >= 11 is 1.38. The highest BCUT2D eigenvalue weighted by molar-refractivity contribution is 7.12. The van der Waals surface area contributed by atoms with Crippen LogP contribution in [-0.4, -0.2) is 42.5 Å². The van der Waals surface area contributed by atoms with Gasteiger partial charge in [0.25, 0.3) is 5.91 Å². The Balaban J connectivity index is 1.62. The summed E-state index contributed by atoms with van der Waals surface area (Å²) in [5.74, 6) is -0.512. The summed E-state index contributed by atoms with van der Waals surface area (Å²) in [6, 6.07) is 10.5. The van der Waals surface area contributed by atoms with Crippen LogP contribution in [0.15, 0.2) is 41.8 Å². The fourth-order valence-corrected chi connectivity index (χ4v) is 3.56. The van der Waals surface area contributed by atoms with Gasteiger partial charge >= 0.3 is 5.97 Å². The van der Waals surface area contributed by atoms with E-state index in [9.17, 15) is 9.59 Å². The zero-order valence-corrected chi connectivity index (χ0v) is 15.1. The molecule has 1 unspecified atom stereocenters. The molecule has 0 spiro atoms. The molecule has 1 amide bonds. The number of carbonyl (C=O) groups excluding carboxylic acids is 2. The number of thiophene rings is 1. The van der Waals surface area contributed by atoms with E-state index in [-0.39, 0.29) is 18.0 Å². The molecule has 25 heavy (non-hydrogen) atoms. The van der Waals surface area contributed by atoms with Crippen LogP contribution in [0.1, 0.15) is 39.8 Å². The van der Waals surface area contributed by atoms with Crippen LogP contribution in [0.25, 0.3) is 0 Å². The number of amides is 1. The van der Waals surface area contributed by atoms with Crippen LogP contribution < -0.4 is 5.32 Å². The third-order valence-corrected chi connectivity index (χ3v) is 5.15. The van der Waals surface area contributed by atoms with Crippen molar-refractivity contribution in [3.63, 3.8) is 0 Å². The predicted octanol–water partition coefficient (Wildman–Crippen LogP) is 3.64. The van der Waals surface area contributed by atoms with Gasteiger partial charge in [0.2, 0.25) is 0 Å². The van der Waals surface area contributed by atoms with E-state index in [1.807, 2.05) is 11.4 Å². The summed E-state index contributed by atoms with van der Waals surface area (Å²) in [5, 5.41) is 4.67. The number of anilines is 1. The minimum Gasteiger partial charge on any atom is -0.457 e. The molecule has 1 aliphatic rings. The number of rotatable bonds is 5. The van der Waals surface area contributed by atoms with Crippen molar-refractivity contribution in [1.82, 2.24) is 4.90 Å². The van der Waals surface area contributed by atoms with E-state index in [0.29, 0.717) is 16.1 Å². The van der Waals surface area contributed by atoms with E-state index >= 15 is 0 Å². The topological polar surface area (TPSA) is 58.6 Å². The second-order valence-corrected chi connectivity index (χ2v) is 7.02. The number of piperidine rings is 1. The Bertz CT molecular complexity index is 730. The van der Waals surface area contributed by atoms with E-state index in [0.717, 1.165) is 32.5 Å². The van der Waals surface area contributed by atoms with Crippen molar-refractivity contribution < 1.29 is 14.3 Å². The lowest BCUT2D eigenvalue weighted by molar-refractivity contribution is 0.00774. The number of likely N-dealkylation sites (tertiary alicyclic amines) is 1. The van der Waals surface area contributed by atoms with Crippen molar-refractivity contribution >= 4 is 28.9 Å². The molecule has 2 heterocycles. The number of nitrogens with zero attached hydrogens (tertiary/aromatic N) is 1. The molecule has 0 radical (unpaired) electrons. The molecule has 1 fully saturated rings. The lowest BCUT2D eigenvalue weighted by atomic mass is 10.1. The number of hydrogen-bond acceptors (Lipinski definition) is 5. The zero-order valence-electron chi connectivity index (χ0n) is 14.2. The Morgan fingerprint density at radius 2 is 2.20 bits per heavy atom. The van der Waals surface area contributed by atoms with Crippen LogP contribution >= 0.6 is 11.3 Å². The Kier molecular flexibility index (Phi) is 5.83. The highest BCUT2D eigenvalue weighted by atomic mass is 32.1. The first kappa shape index (κ1) is 17.6. The molecule has 5 nitrogen and oxygen atoms in total. The molecular formula is C19H22N2O3S. The number of likely N-dealkylation sites (N-methyl/N-ethyl adjacent to an activating group) is 1. The molecule has 2 aromatic rings. The van der Waals surface area contributed by atoms with Gasteiger partial charge in [0.15, 0.2) is 0 Å². The molecule has 1 N–H and O–H groups in total. The van der Waals surface area contributed by atoms with Crippen LogP contribution in [0.4, 0.5) is 5.69 Å². The molecule has 132 valence electrons. The summed E-state index contributed by atoms with van der Waals surface area (Å²) in [4.78, 5) is 27.5. The van der Waals surface area contributed by atoms with Gasteiger partial charge in [0, 0.05) is 12.2 Å². The monoisotopic (exact) mass is 358 g/mol. The first-order valence-corrected chi connectivity index (χ1v) is 9.42. The van der Waals surface area contributed by atoms with Crippen molar-refractivity contribution in [3.05, 3.63) is 52.2 Å². The second-order valence-electron chi connectivity index (χ2n) is 6.08. The van der Waals surface area contributed by atoms with Crippen LogP contribution in [-0.2, 0) is 4.74 Å². The number of nitrogens with one attached hydrogen (secondary N) is 1. The van der Waals surface area contributed by atoms with Crippen LogP contribution in [0, 0.1) is 0 Å². The third kappa shape index (κ3) is 4.67. The summed E-state index contributed by atoms with van der Waals surface area (Å²) < 4.78 is 5.65. The summed E-state index contributed by atoms with van der Waals surface area (Å²) in [5.41, 5.74) is 1.05. The fraction of sp³-hybridized carbons (Fsp3) is 0.368.